The average molecular weight is 495 g/mol. The van der Waals surface area contributed by atoms with Crippen LogP contribution in [0.5, 0.6) is 0 Å². The summed E-state index contributed by atoms with van der Waals surface area (Å²) in [7, 11) is 3.69. The van der Waals surface area contributed by atoms with Crippen LogP contribution in [0.1, 0.15) is 56.7 Å². The van der Waals surface area contributed by atoms with Crippen LogP contribution in [0.25, 0.3) is 11.1 Å². The molecule has 1 spiro atoms. The van der Waals surface area contributed by atoms with E-state index in [0.717, 1.165) is 41.7 Å². The lowest BCUT2D eigenvalue weighted by molar-refractivity contribution is -0.141. The number of urea groups is 1. The largest absolute Gasteiger partial charge is 0.347 e. The summed E-state index contributed by atoms with van der Waals surface area (Å²) in [6.07, 6.45) is 7.13. The van der Waals surface area contributed by atoms with E-state index in [1.54, 1.807) is 28.1 Å². The number of rotatable bonds is 5. The molecule has 4 amide bonds. The number of imide groups is 1. The first kappa shape index (κ1) is 24.1. The number of amides is 4. The molecule has 10 heteroatoms. The molecule has 0 radical (unpaired) electrons. The molecule has 3 aliphatic rings. The summed E-state index contributed by atoms with van der Waals surface area (Å²) in [6, 6.07) is 5.28. The second-order valence-corrected chi connectivity index (χ2v) is 10.1. The summed E-state index contributed by atoms with van der Waals surface area (Å²) in [5.41, 5.74) is 1.32. The Bertz CT molecular complexity index is 1180. The Balaban J connectivity index is 1.46. The molecule has 1 saturated carbocycles. The van der Waals surface area contributed by atoms with Crippen LogP contribution in [0.15, 0.2) is 30.5 Å². The predicted octanol–water partition coefficient (Wildman–Crippen LogP) is 3.27. The van der Waals surface area contributed by atoms with Crippen LogP contribution in [-0.4, -0.2) is 70.3 Å². The normalized spacial score (nSPS) is 21.2. The number of carbonyl (C=O) groups excluding carboxylic acids is 3. The monoisotopic (exact) mass is 494 g/mol. The molecule has 3 heterocycles. The summed E-state index contributed by atoms with van der Waals surface area (Å²) in [6.45, 7) is 0.211. The number of nitrogens with one attached hydrogen (secondary N) is 1. The Hall–Kier alpha value is -3.56. The molecule has 5 rings (SSSR count). The number of halogens is 1. The molecule has 0 unspecified atom stereocenters. The second-order valence-electron chi connectivity index (χ2n) is 10.1. The van der Waals surface area contributed by atoms with E-state index in [9.17, 15) is 18.8 Å². The van der Waals surface area contributed by atoms with Crippen molar-refractivity contribution in [2.75, 3.05) is 32.1 Å². The zero-order valence-corrected chi connectivity index (χ0v) is 20.7. The van der Waals surface area contributed by atoms with Gasteiger partial charge in [0.05, 0.1) is 11.7 Å². The van der Waals surface area contributed by atoms with Gasteiger partial charge >= 0.3 is 6.03 Å². The first-order chi connectivity index (χ1) is 17.3. The zero-order chi connectivity index (χ0) is 25.4. The number of likely N-dealkylation sites (tertiary alicyclic amines) is 1. The van der Waals surface area contributed by atoms with E-state index in [-0.39, 0.29) is 30.2 Å². The van der Waals surface area contributed by atoms with E-state index in [2.05, 4.69) is 10.3 Å². The minimum atomic E-state index is -0.846. The Morgan fingerprint density at radius 2 is 1.86 bits per heavy atom. The smallest absolute Gasteiger partial charge is 0.325 e. The van der Waals surface area contributed by atoms with Gasteiger partial charge in [-0.05, 0) is 49.8 Å². The number of piperidine rings is 1. The molecule has 36 heavy (non-hydrogen) atoms. The van der Waals surface area contributed by atoms with Crippen LogP contribution < -0.4 is 10.2 Å². The number of carbonyl (C=O) groups is 3. The second kappa shape index (κ2) is 9.48. The molecule has 1 atom stereocenters. The van der Waals surface area contributed by atoms with Gasteiger partial charge in [0.2, 0.25) is 11.9 Å². The molecule has 2 aliphatic heterocycles. The van der Waals surface area contributed by atoms with Gasteiger partial charge in [-0.25, -0.2) is 19.2 Å². The maximum Gasteiger partial charge on any atom is 0.325 e. The first-order valence-electron chi connectivity index (χ1n) is 12.5. The van der Waals surface area contributed by atoms with Gasteiger partial charge in [-0.1, -0.05) is 25.0 Å². The molecule has 2 saturated heterocycles. The Kier molecular flexibility index (Phi) is 6.36. The summed E-state index contributed by atoms with van der Waals surface area (Å²) < 4.78 is 13.6. The minimum absolute atomic E-state index is 0.284. The topological polar surface area (TPSA) is 98.7 Å². The Morgan fingerprint density at radius 1 is 1.14 bits per heavy atom. The molecule has 9 nitrogen and oxygen atoms in total. The summed E-state index contributed by atoms with van der Waals surface area (Å²) in [5, 5.41) is 2.85. The van der Waals surface area contributed by atoms with Gasteiger partial charge in [0.25, 0.3) is 5.91 Å². The van der Waals surface area contributed by atoms with Gasteiger partial charge < -0.3 is 15.1 Å². The summed E-state index contributed by atoms with van der Waals surface area (Å²) in [5.74, 6) is -0.413. The van der Waals surface area contributed by atoms with E-state index < -0.39 is 11.6 Å². The fourth-order valence-corrected chi connectivity index (χ4v) is 5.58. The van der Waals surface area contributed by atoms with Gasteiger partial charge in [0, 0.05) is 32.4 Å². The number of anilines is 1. The van der Waals surface area contributed by atoms with Crippen LogP contribution in [0.3, 0.4) is 0 Å². The van der Waals surface area contributed by atoms with Gasteiger partial charge in [0.1, 0.15) is 17.9 Å². The summed E-state index contributed by atoms with van der Waals surface area (Å²) >= 11 is 0. The van der Waals surface area contributed by atoms with Crippen molar-refractivity contribution in [2.24, 2.45) is 0 Å². The molecular weight excluding hydrogens is 463 g/mol. The molecular formula is C26H31FN6O3. The van der Waals surface area contributed by atoms with E-state index in [0.29, 0.717) is 37.4 Å². The standard InChI is InChI=1S/C26H31FN6O3/c1-31(2)24-28-15-19(17-8-10-18(27)11-9-17)22(29-24)20-7-3-6-14-32(20)21(34)16-33-23(35)26(30-25(33)36)12-4-5-13-26/h8-11,15,20H,3-7,12-14,16H2,1-2H3,(H,30,36)/t20-/m0/s1. The third-order valence-corrected chi connectivity index (χ3v) is 7.50. The third kappa shape index (κ3) is 4.29. The highest BCUT2D eigenvalue weighted by atomic mass is 19.1. The number of aromatic nitrogens is 2. The van der Waals surface area contributed by atoms with Crippen molar-refractivity contribution in [3.8, 4) is 11.1 Å². The third-order valence-electron chi connectivity index (χ3n) is 7.50. The van der Waals surface area contributed by atoms with Gasteiger partial charge in [0.15, 0.2) is 0 Å². The number of hydrogen-bond donors (Lipinski definition) is 1. The fourth-order valence-electron chi connectivity index (χ4n) is 5.58. The molecule has 1 aromatic heterocycles. The van der Waals surface area contributed by atoms with Gasteiger partial charge in [-0.15, -0.1) is 0 Å². The molecule has 1 N–H and O–H groups in total. The van der Waals surface area contributed by atoms with Crippen LogP contribution in [0.2, 0.25) is 0 Å². The molecule has 1 aromatic carbocycles. The molecule has 2 aromatic rings. The summed E-state index contributed by atoms with van der Waals surface area (Å²) in [4.78, 5) is 53.2. The van der Waals surface area contributed by atoms with E-state index in [1.807, 2.05) is 14.1 Å². The minimum Gasteiger partial charge on any atom is -0.347 e. The Morgan fingerprint density at radius 3 is 2.56 bits per heavy atom. The van der Waals surface area contributed by atoms with Crippen molar-refractivity contribution in [3.63, 3.8) is 0 Å². The number of nitrogens with zero attached hydrogens (tertiary/aromatic N) is 5. The molecule has 0 bridgehead atoms. The molecule has 3 fully saturated rings. The molecule has 190 valence electrons. The van der Waals surface area contributed by atoms with Crippen LogP contribution in [0.4, 0.5) is 15.1 Å². The van der Waals surface area contributed by atoms with Crippen molar-refractivity contribution >= 4 is 23.8 Å². The maximum atomic E-state index is 13.6. The maximum absolute atomic E-state index is 13.6. The highest BCUT2D eigenvalue weighted by Gasteiger charge is 2.53. The average Bonchev–Trinajstić information content (AvgIpc) is 3.44. The van der Waals surface area contributed by atoms with Crippen LogP contribution in [-0.2, 0) is 9.59 Å². The van der Waals surface area contributed by atoms with Crippen LogP contribution in [0, 0.1) is 5.82 Å². The molecule has 1 aliphatic carbocycles. The van der Waals surface area contributed by atoms with E-state index >= 15 is 0 Å². The van der Waals surface area contributed by atoms with Gasteiger partial charge in [-0.2, -0.15) is 0 Å². The quantitative estimate of drug-likeness (QED) is 0.641. The SMILES string of the molecule is CN(C)c1ncc(-c2ccc(F)cc2)c([C@@H]2CCCCN2C(=O)CN2C(=O)NC3(CCCC3)C2=O)n1. The Labute approximate surface area is 209 Å². The van der Waals surface area contributed by atoms with E-state index in [4.69, 9.17) is 4.98 Å². The van der Waals surface area contributed by atoms with Crippen molar-refractivity contribution in [1.29, 1.82) is 0 Å². The fraction of sp³-hybridized carbons (Fsp3) is 0.500. The first-order valence-corrected chi connectivity index (χ1v) is 12.5. The lowest BCUT2D eigenvalue weighted by Crippen LogP contribution is -2.47. The van der Waals surface area contributed by atoms with Crippen LogP contribution >= 0.6 is 0 Å². The highest BCUT2D eigenvalue weighted by molar-refractivity contribution is 6.09. The van der Waals surface area contributed by atoms with Crippen molar-refractivity contribution < 1.29 is 18.8 Å². The lowest BCUT2D eigenvalue weighted by Gasteiger charge is -2.37. The van der Waals surface area contributed by atoms with Crippen molar-refractivity contribution in [1.82, 2.24) is 25.1 Å². The highest BCUT2D eigenvalue weighted by Crippen LogP contribution is 2.38. The van der Waals surface area contributed by atoms with E-state index in [1.165, 1.54) is 12.1 Å². The van der Waals surface area contributed by atoms with Crippen molar-refractivity contribution in [3.05, 3.63) is 42.0 Å². The zero-order valence-electron chi connectivity index (χ0n) is 20.7. The lowest BCUT2D eigenvalue weighted by atomic mass is 9.93. The predicted molar refractivity (Wildman–Crippen MR) is 132 cm³/mol. The van der Waals surface area contributed by atoms with Gasteiger partial charge in [-0.3, -0.25) is 14.5 Å². The van der Waals surface area contributed by atoms with Crippen molar-refractivity contribution in [2.45, 2.75) is 56.5 Å². The number of benzene rings is 1. The number of hydrogen-bond acceptors (Lipinski definition) is 6.